The van der Waals surface area contributed by atoms with Crippen LogP contribution in [-0.2, 0) is 20.2 Å². The smallest absolute Gasteiger partial charge is 0.744 e. The molecule has 14 heteroatoms. The molecule has 0 saturated heterocycles. The average molecular weight is 635 g/mol. The Labute approximate surface area is 281 Å². The van der Waals surface area contributed by atoms with Gasteiger partial charge in [0.2, 0.25) is 0 Å². The Morgan fingerprint density at radius 3 is 1.15 bits per heavy atom. The molecule has 4 aromatic carbocycles. The standard InChI is InChI=1S/C26H24O8P2S2.2Na/c1-33-21-5-3-7-23(35-17-9-13-19(14-10-17)37(27,28)29)25(21)26-22(34-2)6-4-8-24(26)36-18-11-15-20(16-12-18)38(30,31)32;;/h3-16,35-36H,1-2H3,(H,27,28,29)(H,30,31,32);;/q;2*+1/p-2. The van der Waals surface area contributed by atoms with Crippen molar-refractivity contribution in [1.29, 1.82) is 0 Å². The van der Waals surface area contributed by atoms with Crippen LogP contribution in [0.15, 0.2) is 94.7 Å². The second-order valence-electron chi connectivity index (χ2n) is 7.97. The van der Waals surface area contributed by atoms with Gasteiger partial charge in [-0.15, -0.1) is 0 Å². The molecule has 0 saturated carbocycles. The SMILES string of the molecule is COc1cccc(Pc2ccc(S(=O)(=O)[O-])cc2)c1-c1c(OC)cccc1Pc1ccc(S(=O)(=O)[O-])cc1.[Na+].[Na+]. The van der Waals surface area contributed by atoms with E-state index in [0.29, 0.717) is 11.5 Å². The van der Waals surface area contributed by atoms with Crippen molar-refractivity contribution in [2.24, 2.45) is 0 Å². The third-order valence-corrected chi connectivity index (χ3v) is 9.90. The fourth-order valence-corrected chi connectivity index (χ4v) is 7.18. The second kappa shape index (κ2) is 15.1. The maximum atomic E-state index is 11.3. The molecule has 0 radical (unpaired) electrons. The summed E-state index contributed by atoms with van der Waals surface area (Å²) < 4.78 is 79.4. The number of ether oxygens (including phenoxy) is 2. The van der Waals surface area contributed by atoms with E-state index in [9.17, 15) is 25.9 Å². The molecule has 0 amide bonds. The van der Waals surface area contributed by atoms with Crippen LogP contribution in [0.25, 0.3) is 11.1 Å². The number of hydrogen-bond acceptors (Lipinski definition) is 8. The summed E-state index contributed by atoms with van der Waals surface area (Å²) in [6, 6.07) is 22.9. The molecule has 198 valence electrons. The summed E-state index contributed by atoms with van der Waals surface area (Å²) in [5, 5.41) is 3.45. The van der Waals surface area contributed by atoms with Crippen LogP contribution in [0.4, 0.5) is 0 Å². The van der Waals surface area contributed by atoms with Gasteiger partial charge in [0.05, 0.1) is 24.0 Å². The van der Waals surface area contributed by atoms with Gasteiger partial charge in [-0.2, -0.15) is 0 Å². The third kappa shape index (κ3) is 8.60. The van der Waals surface area contributed by atoms with Crippen molar-refractivity contribution in [3.8, 4) is 22.6 Å². The molecule has 0 aliphatic rings. The quantitative estimate of drug-likeness (QED) is 0.105. The van der Waals surface area contributed by atoms with Gasteiger partial charge in [0.25, 0.3) is 0 Å². The van der Waals surface area contributed by atoms with Crippen molar-refractivity contribution in [3.05, 3.63) is 84.9 Å². The largest absolute Gasteiger partial charge is 1.00 e. The van der Waals surface area contributed by atoms with Crippen LogP contribution in [0.3, 0.4) is 0 Å². The molecular weight excluding hydrogens is 612 g/mol. The first kappa shape index (κ1) is 35.4. The topological polar surface area (TPSA) is 133 Å². The Bertz CT molecular complexity index is 1550. The van der Waals surface area contributed by atoms with Gasteiger partial charge >= 0.3 is 59.1 Å². The maximum absolute atomic E-state index is 11.3. The van der Waals surface area contributed by atoms with Gasteiger partial charge in [0, 0.05) is 11.1 Å². The molecule has 0 heterocycles. The van der Waals surface area contributed by atoms with Gasteiger partial charge in [-0.25, -0.2) is 16.8 Å². The predicted molar refractivity (Wildman–Crippen MR) is 149 cm³/mol. The molecular formula is C26H22Na2O8P2S2. The van der Waals surface area contributed by atoms with Crippen LogP contribution in [-0.4, -0.2) is 40.2 Å². The summed E-state index contributed by atoms with van der Waals surface area (Å²) in [4.78, 5) is -0.582. The number of hydrogen-bond donors (Lipinski definition) is 0. The minimum Gasteiger partial charge on any atom is -0.744 e. The Balaban J connectivity index is 0.00000280. The van der Waals surface area contributed by atoms with Crippen LogP contribution in [0.5, 0.6) is 11.5 Å². The van der Waals surface area contributed by atoms with Crippen molar-refractivity contribution in [3.63, 3.8) is 0 Å². The zero-order valence-electron chi connectivity index (χ0n) is 22.2. The van der Waals surface area contributed by atoms with Crippen LogP contribution in [0.1, 0.15) is 0 Å². The van der Waals surface area contributed by atoms with Crippen LogP contribution < -0.4 is 89.8 Å². The van der Waals surface area contributed by atoms with Crippen LogP contribution in [0.2, 0.25) is 0 Å². The minimum absolute atomic E-state index is 0. The first-order chi connectivity index (χ1) is 18.0. The number of methoxy groups -OCH3 is 2. The number of benzene rings is 4. The van der Waals surface area contributed by atoms with E-state index in [2.05, 4.69) is 0 Å². The molecule has 2 unspecified atom stereocenters. The van der Waals surface area contributed by atoms with E-state index in [1.807, 2.05) is 36.4 Å². The van der Waals surface area contributed by atoms with Crippen molar-refractivity contribution in [2.45, 2.75) is 9.79 Å². The first-order valence-corrected chi connectivity index (χ1v) is 15.8. The zero-order valence-corrected chi connectivity index (χ0v) is 29.8. The van der Waals surface area contributed by atoms with E-state index >= 15 is 0 Å². The van der Waals surface area contributed by atoms with Gasteiger partial charge in [0.1, 0.15) is 31.7 Å². The molecule has 0 aliphatic carbocycles. The molecule has 40 heavy (non-hydrogen) atoms. The Morgan fingerprint density at radius 1 is 0.550 bits per heavy atom. The first-order valence-electron chi connectivity index (χ1n) is 11.0. The molecule has 4 rings (SSSR count). The summed E-state index contributed by atoms with van der Waals surface area (Å²) in [6.07, 6.45) is 0. The van der Waals surface area contributed by atoms with Gasteiger partial charge in [-0.05, 0) is 57.6 Å². The van der Waals surface area contributed by atoms with Crippen LogP contribution >= 0.6 is 17.2 Å². The van der Waals surface area contributed by atoms with E-state index in [4.69, 9.17) is 9.47 Å². The van der Waals surface area contributed by atoms with Gasteiger partial charge < -0.3 is 18.6 Å². The van der Waals surface area contributed by atoms with E-state index in [1.165, 1.54) is 24.3 Å². The molecule has 0 spiro atoms. The van der Waals surface area contributed by atoms with E-state index in [0.717, 1.165) is 32.3 Å². The summed E-state index contributed by atoms with van der Waals surface area (Å²) in [7, 11) is -5.74. The molecule has 0 aliphatic heterocycles. The second-order valence-corrected chi connectivity index (χ2v) is 13.5. The van der Waals surface area contributed by atoms with Gasteiger partial charge in [0.15, 0.2) is 0 Å². The summed E-state index contributed by atoms with van der Waals surface area (Å²) in [5.41, 5.74) is 1.60. The molecule has 4 aromatic rings. The van der Waals surface area contributed by atoms with Crippen molar-refractivity contribution in [2.75, 3.05) is 14.2 Å². The fraction of sp³-hybridized carbons (Fsp3) is 0.0769. The molecule has 8 nitrogen and oxygen atoms in total. The number of rotatable bonds is 9. The summed E-state index contributed by atoms with van der Waals surface area (Å²) in [5.74, 6) is 1.22. The molecule has 0 bridgehead atoms. The van der Waals surface area contributed by atoms with Crippen LogP contribution in [0, 0.1) is 0 Å². The average Bonchev–Trinajstić information content (AvgIpc) is 2.88. The Hall–Kier alpha value is -0.840. The monoisotopic (exact) mass is 634 g/mol. The van der Waals surface area contributed by atoms with E-state index in [-0.39, 0.29) is 86.1 Å². The minimum atomic E-state index is -4.54. The van der Waals surface area contributed by atoms with Gasteiger partial charge in [-0.3, -0.25) is 0 Å². The zero-order chi connectivity index (χ0) is 27.5. The Kier molecular flexibility index (Phi) is 13.3. The summed E-state index contributed by atoms with van der Waals surface area (Å²) in [6.45, 7) is 0. The van der Waals surface area contributed by atoms with Crippen molar-refractivity contribution in [1.82, 2.24) is 0 Å². The fourth-order valence-electron chi connectivity index (χ4n) is 3.85. The van der Waals surface area contributed by atoms with E-state index in [1.54, 1.807) is 38.5 Å². The van der Waals surface area contributed by atoms with Gasteiger partial charge in [-0.1, -0.05) is 65.7 Å². The maximum Gasteiger partial charge on any atom is 1.00 e. The molecule has 0 fully saturated rings. The molecule has 2 atom stereocenters. The van der Waals surface area contributed by atoms with Crippen molar-refractivity contribution >= 4 is 58.6 Å². The summed E-state index contributed by atoms with van der Waals surface area (Å²) >= 11 is 0. The molecule has 0 N–H and O–H groups in total. The van der Waals surface area contributed by atoms with Crippen molar-refractivity contribution < 1.29 is 94.5 Å². The predicted octanol–water partition coefficient (Wildman–Crippen LogP) is -3.55. The Morgan fingerprint density at radius 2 is 0.875 bits per heavy atom. The molecule has 0 aromatic heterocycles. The van der Waals surface area contributed by atoms with E-state index < -0.39 is 20.2 Å². The normalized spacial score (nSPS) is 11.8. The third-order valence-electron chi connectivity index (χ3n) is 5.59.